The topological polar surface area (TPSA) is 83.7 Å². The van der Waals surface area contributed by atoms with E-state index < -0.39 is 0 Å². The Kier molecular flexibility index (Phi) is 6.60. The number of nitrogen functional groups attached to an aromatic ring is 1. The number of nitrogens with two attached hydrogens (primary N) is 1. The summed E-state index contributed by atoms with van der Waals surface area (Å²) in [6.45, 7) is 4.36. The maximum absolute atomic E-state index is 13.2. The number of fused-ring (bicyclic) bond motifs is 1. The van der Waals surface area contributed by atoms with E-state index in [9.17, 15) is 4.79 Å². The molecule has 0 saturated carbocycles. The highest BCUT2D eigenvalue weighted by atomic mass is 35.5. The molecule has 3 aromatic rings. The van der Waals surface area contributed by atoms with Gasteiger partial charge in [0.05, 0.1) is 34.1 Å². The molecule has 4 rings (SSSR count). The van der Waals surface area contributed by atoms with E-state index in [2.05, 4.69) is 15.2 Å². The molecule has 0 unspecified atom stereocenters. The van der Waals surface area contributed by atoms with Gasteiger partial charge in [-0.2, -0.15) is 0 Å². The summed E-state index contributed by atoms with van der Waals surface area (Å²) in [7, 11) is 0. The number of thiazole rings is 1. The number of ether oxygens (including phenoxy) is 1. The lowest BCUT2D eigenvalue weighted by atomic mass is 10.2. The summed E-state index contributed by atoms with van der Waals surface area (Å²) in [5, 5.41) is 4.29. The summed E-state index contributed by atoms with van der Waals surface area (Å²) in [6.07, 6.45) is 0. The largest absolute Gasteiger partial charge is 0.379 e. The Morgan fingerprint density at radius 2 is 2.03 bits per heavy atom. The third kappa shape index (κ3) is 4.96. The van der Waals surface area contributed by atoms with Crippen LogP contribution in [0.3, 0.4) is 0 Å². The molecule has 1 fully saturated rings. The van der Waals surface area contributed by atoms with E-state index in [1.54, 1.807) is 23.1 Å². The Bertz CT molecular complexity index is 1050. The minimum atomic E-state index is -0.274. The molecule has 0 spiro atoms. The van der Waals surface area contributed by atoms with Gasteiger partial charge in [0.2, 0.25) is 0 Å². The maximum atomic E-state index is 13.2. The van der Waals surface area contributed by atoms with Crippen molar-refractivity contribution in [3.05, 3.63) is 46.4 Å². The van der Waals surface area contributed by atoms with Crippen molar-refractivity contribution in [1.82, 2.24) is 9.88 Å². The molecule has 10 heteroatoms. The van der Waals surface area contributed by atoms with Gasteiger partial charge in [-0.25, -0.2) is 9.78 Å². The van der Waals surface area contributed by atoms with Crippen LogP contribution in [0.1, 0.15) is 0 Å². The van der Waals surface area contributed by atoms with Crippen molar-refractivity contribution in [2.24, 2.45) is 0 Å². The van der Waals surface area contributed by atoms with Gasteiger partial charge >= 0.3 is 6.03 Å². The quantitative estimate of drug-likeness (QED) is 0.576. The van der Waals surface area contributed by atoms with Gasteiger partial charge in [0.25, 0.3) is 0 Å². The first-order valence-corrected chi connectivity index (χ1v) is 11.1. The van der Waals surface area contributed by atoms with E-state index >= 15 is 0 Å². The number of rotatable bonds is 5. The van der Waals surface area contributed by atoms with Gasteiger partial charge in [-0.15, -0.1) is 0 Å². The molecule has 2 aromatic carbocycles. The Morgan fingerprint density at radius 3 is 2.80 bits per heavy atom. The normalized spacial score (nSPS) is 14.7. The number of carbonyl (C=O) groups excluding carboxylic acids is 1. The van der Waals surface area contributed by atoms with Crippen molar-refractivity contribution < 1.29 is 9.53 Å². The number of amides is 2. The van der Waals surface area contributed by atoms with Crippen molar-refractivity contribution in [1.29, 1.82) is 0 Å². The molecule has 1 saturated heterocycles. The van der Waals surface area contributed by atoms with Gasteiger partial charge in [0.1, 0.15) is 0 Å². The molecule has 0 aliphatic carbocycles. The molecule has 1 aromatic heterocycles. The summed E-state index contributed by atoms with van der Waals surface area (Å²) in [6, 6.07) is 10.4. The highest BCUT2D eigenvalue weighted by Crippen LogP contribution is 2.30. The summed E-state index contributed by atoms with van der Waals surface area (Å²) in [4.78, 5) is 21.5. The predicted octanol–water partition coefficient (Wildman–Crippen LogP) is 4.56. The molecule has 2 amide bonds. The lowest BCUT2D eigenvalue weighted by Gasteiger charge is -2.30. The molecule has 0 atom stereocenters. The van der Waals surface area contributed by atoms with Gasteiger partial charge in [-0.3, -0.25) is 9.80 Å². The maximum Gasteiger partial charge on any atom is 0.326 e. The molecule has 3 N–H and O–H groups in total. The van der Waals surface area contributed by atoms with Gasteiger partial charge < -0.3 is 15.8 Å². The molecule has 2 heterocycles. The van der Waals surface area contributed by atoms with Crippen LogP contribution in [-0.4, -0.2) is 55.3 Å². The number of carbonyl (C=O) groups is 1. The molecule has 158 valence electrons. The van der Waals surface area contributed by atoms with E-state index in [1.165, 1.54) is 11.3 Å². The lowest BCUT2D eigenvalue weighted by Crippen LogP contribution is -2.44. The van der Waals surface area contributed by atoms with Crippen molar-refractivity contribution in [2.45, 2.75) is 0 Å². The summed E-state index contributed by atoms with van der Waals surface area (Å²) in [5.41, 5.74) is 7.92. The summed E-state index contributed by atoms with van der Waals surface area (Å²) < 4.78 is 6.34. The number of hydrogen-bond acceptors (Lipinski definition) is 6. The van der Waals surface area contributed by atoms with Crippen molar-refractivity contribution in [2.75, 3.05) is 55.3 Å². The number of benzene rings is 2. The highest BCUT2D eigenvalue weighted by Gasteiger charge is 2.20. The van der Waals surface area contributed by atoms with Gasteiger partial charge in [-0.05, 0) is 36.4 Å². The number of urea groups is 1. The highest BCUT2D eigenvalue weighted by molar-refractivity contribution is 7.22. The number of halogens is 2. The Labute approximate surface area is 188 Å². The zero-order valence-electron chi connectivity index (χ0n) is 16.1. The lowest BCUT2D eigenvalue weighted by molar-refractivity contribution is 0.0393. The smallest absolute Gasteiger partial charge is 0.326 e. The average molecular weight is 466 g/mol. The van der Waals surface area contributed by atoms with E-state index in [0.29, 0.717) is 40.6 Å². The van der Waals surface area contributed by atoms with Crippen LogP contribution in [0.25, 0.3) is 10.2 Å². The first kappa shape index (κ1) is 21.1. The predicted molar refractivity (Wildman–Crippen MR) is 124 cm³/mol. The number of hydrogen-bond donors (Lipinski definition) is 2. The van der Waals surface area contributed by atoms with Crippen LogP contribution in [0, 0.1) is 0 Å². The number of aromatic nitrogens is 1. The number of nitrogens with zero attached hydrogens (tertiary/aromatic N) is 3. The minimum absolute atomic E-state index is 0.274. The third-order valence-electron chi connectivity index (χ3n) is 4.86. The summed E-state index contributed by atoms with van der Waals surface area (Å²) in [5.74, 6) is 0. The minimum Gasteiger partial charge on any atom is -0.379 e. The van der Waals surface area contributed by atoms with Crippen LogP contribution >= 0.6 is 34.5 Å². The average Bonchev–Trinajstić information content (AvgIpc) is 3.10. The molecule has 7 nitrogen and oxygen atoms in total. The molecular weight excluding hydrogens is 445 g/mol. The molecule has 1 aliphatic rings. The molecule has 1 aliphatic heterocycles. The van der Waals surface area contributed by atoms with Crippen molar-refractivity contribution in [3.63, 3.8) is 0 Å². The molecular formula is C20H21Cl2N5O2S. The fraction of sp³-hybridized carbons (Fsp3) is 0.300. The Balaban J connectivity index is 1.58. The molecule has 30 heavy (non-hydrogen) atoms. The fourth-order valence-electron chi connectivity index (χ4n) is 3.29. The fourth-order valence-corrected chi connectivity index (χ4v) is 4.51. The first-order chi connectivity index (χ1) is 14.5. The third-order valence-corrected chi connectivity index (χ3v) is 6.26. The van der Waals surface area contributed by atoms with Crippen LogP contribution in [0.15, 0.2) is 36.4 Å². The van der Waals surface area contributed by atoms with Crippen LogP contribution in [0.2, 0.25) is 10.0 Å². The number of nitrogens with one attached hydrogen (secondary N) is 1. The van der Waals surface area contributed by atoms with Crippen LogP contribution in [-0.2, 0) is 4.74 Å². The number of morpholine rings is 1. The zero-order valence-corrected chi connectivity index (χ0v) is 18.4. The standard InChI is InChI=1S/C20H21Cl2N5O2S/c21-13-1-3-16(15(22)11-13)25-20(28)27(6-5-26-7-9-29-10-8-26)14-2-4-17-18(12-14)30-19(23)24-17/h1-4,11-12H,5-10H2,(H2,23,24)(H,25,28). The monoisotopic (exact) mass is 465 g/mol. The van der Waals surface area contributed by atoms with Gasteiger partial charge in [0.15, 0.2) is 5.13 Å². The summed E-state index contributed by atoms with van der Waals surface area (Å²) >= 11 is 13.6. The Hall–Kier alpha value is -2.10. The molecule has 0 radical (unpaired) electrons. The van der Waals surface area contributed by atoms with Crippen LogP contribution in [0.5, 0.6) is 0 Å². The van der Waals surface area contributed by atoms with Crippen LogP contribution < -0.4 is 16.0 Å². The van der Waals surface area contributed by atoms with Crippen LogP contribution in [0.4, 0.5) is 21.3 Å². The second-order valence-electron chi connectivity index (χ2n) is 6.86. The number of anilines is 3. The van der Waals surface area contributed by atoms with Crippen molar-refractivity contribution in [3.8, 4) is 0 Å². The van der Waals surface area contributed by atoms with E-state index in [-0.39, 0.29) is 6.03 Å². The zero-order chi connectivity index (χ0) is 21.1. The van der Waals surface area contributed by atoms with E-state index in [4.69, 9.17) is 33.7 Å². The van der Waals surface area contributed by atoms with Crippen molar-refractivity contribution >= 4 is 67.3 Å². The Morgan fingerprint density at radius 1 is 1.23 bits per heavy atom. The second-order valence-corrected chi connectivity index (χ2v) is 8.77. The molecule has 0 bridgehead atoms. The van der Waals surface area contributed by atoms with E-state index in [0.717, 1.165) is 35.5 Å². The second kappa shape index (κ2) is 9.36. The van der Waals surface area contributed by atoms with Gasteiger partial charge in [-0.1, -0.05) is 34.5 Å². The SMILES string of the molecule is Nc1nc2ccc(N(CCN3CCOCC3)C(=O)Nc3ccc(Cl)cc3Cl)cc2s1. The first-order valence-electron chi connectivity index (χ1n) is 9.49. The van der Waals surface area contributed by atoms with E-state index in [1.807, 2.05) is 18.2 Å². The van der Waals surface area contributed by atoms with Gasteiger partial charge in [0, 0.05) is 36.9 Å².